The normalized spacial score (nSPS) is 10.5. The van der Waals surface area contributed by atoms with Gasteiger partial charge in [-0.1, -0.05) is 31.0 Å². The number of benzene rings is 1. The van der Waals surface area contributed by atoms with Crippen molar-refractivity contribution < 1.29 is 4.39 Å². The Bertz CT molecular complexity index is 619. The van der Waals surface area contributed by atoms with Gasteiger partial charge < -0.3 is 10.6 Å². The molecule has 0 bridgehead atoms. The molecule has 1 aromatic heterocycles. The van der Waals surface area contributed by atoms with Gasteiger partial charge in [0.1, 0.15) is 18.0 Å². The maximum Gasteiger partial charge on any atom is 0.165 e. The average Bonchev–Trinajstić information content (AvgIpc) is 2.47. The maximum atomic E-state index is 14.0. The Balaban J connectivity index is 2.38. The number of halogens is 2. The van der Waals surface area contributed by atoms with Gasteiger partial charge in [-0.15, -0.1) is 0 Å². The van der Waals surface area contributed by atoms with Gasteiger partial charge in [0.25, 0.3) is 0 Å². The van der Waals surface area contributed by atoms with E-state index in [1.165, 1.54) is 12.4 Å². The van der Waals surface area contributed by atoms with Crippen LogP contribution in [-0.2, 0) is 6.42 Å². The Hall–Kier alpha value is -1.88. The molecule has 0 saturated carbocycles. The second-order valence-electron chi connectivity index (χ2n) is 4.56. The van der Waals surface area contributed by atoms with E-state index in [9.17, 15) is 4.39 Å². The zero-order valence-electron chi connectivity index (χ0n) is 12.1. The smallest absolute Gasteiger partial charge is 0.165 e. The third-order valence-electron chi connectivity index (χ3n) is 2.99. The molecule has 0 amide bonds. The van der Waals surface area contributed by atoms with Gasteiger partial charge >= 0.3 is 0 Å². The Labute approximate surface area is 128 Å². The molecule has 0 saturated heterocycles. The molecule has 4 nitrogen and oxygen atoms in total. The summed E-state index contributed by atoms with van der Waals surface area (Å²) in [6.07, 6.45) is 3.20. The molecule has 1 aromatic carbocycles. The van der Waals surface area contributed by atoms with Gasteiger partial charge in [0.2, 0.25) is 0 Å². The van der Waals surface area contributed by atoms with Crippen LogP contribution in [-0.4, -0.2) is 16.5 Å². The van der Waals surface area contributed by atoms with Crippen molar-refractivity contribution in [2.75, 3.05) is 17.2 Å². The van der Waals surface area contributed by atoms with Crippen molar-refractivity contribution in [1.29, 1.82) is 0 Å². The first-order chi connectivity index (χ1) is 10.2. The quantitative estimate of drug-likeness (QED) is 0.830. The molecule has 0 aliphatic heterocycles. The Morgan fingerprint density at radius 3 is 2.67 bits per heavy atom. The Kier molecular flexibility index (Phi) is 5.33. The van der Waals surface area contributed by atoms with Crippen molar-refractivity contribution in [2.24, 2.45) is 0 Å². The maximum absolute atomic E-state index is 14.0. The lowest BCUT2D eigenvalue weighted by atomic mass is 10.1. The van der Waals surface area contributed by atoms with E-state index in [4.69, 9.17) is 11.6 Å². The molecule has 2 N–H and O–H groups in total. The zero-order chi connectivity index (χ0) is 15.2. The van der Waals surface area contributed by atoms with Crippen LogP contribution in [0.2, 0.25) is 5.02 Å². The third-order valence-corrected chi connectivity index (χ3v) is 3.29. The van der Waals surface area contributed by atoms with Crippen molar-refractivity contribution in [2.45, 2.75) is 26.7 Å². The summed E-state index contributed by atoms with van der Waals surface area (Å²) in [5.41, 5.74) is 1.25. The van der Waals surface area contributed by atoms with Crippen LogP contribution < -0.4 is 10.6 Å². The van der Waals surface area contributed by atoms with Crippen LogP contribution in [0.25, 0.3) is 0 Å². The van der Waals surface area contributed by atoms with Gasteiger partial charge in [-0.3, -0.25) is 0 Å². The number of nitrogens with one attached hydrogen (secondary N) is 2. The lowest BCUT2D eigenvalue weighted by Gasteiger charge is -2.15. The van der Waals surface area contributed by atoms with Gasteiger partial charge in [-0.05, 0) is 25.5 Å². The molecular formula is C15H18ClFN4. The highest BCUT2D eigenvalue weighted by atomic mass is 35.5. The molecule has 112 valence electrons. The molecule has 0 fully saturated rings. The summed E-state index contributed by atoms with van der Waals surface area (Å²) in [6, 6.07) is 4.84. The number of hydrogen-bond acceptors (Lipinski definition) is 4. The van der Waals surface area contributed by atoms with Crippen LogP contribution in [0.15, 0.2) is 24.5 Å². The number of anilines is 3. The van der Waals surface area contributed by atoms with Crippen LogP contribution in [0, 0.1) is 5.82 Å². The van der Waals surface area contributed by atoms with Crippen LogP contribution in [0.4, 0.5) is 21.7 Å². The van der Waals surface area contributed by atoms with Crippen LogP contribution in [0.3, 0.4) is 0 Å². The minimum atomic E-state index is -0.481. The highest BCUT2D eigenvalue weighted by Crippen LogP contribution is 2.28. The number of aromatic nitrogens is 2. The van der Waals surface area contributed by atoms with Crippen molar-refractivity contribution in [3.63, 3.8) is 0 Å². The van der Waals surface area contributed by atoms with E-state index in [1.54, 1.807) is 12.1 Å². The lowest BCUT2D eigenvalue weighted by Crippen LogP contribution is -2.08. The predicted octanol–water partition coefficient (Wildman–Crippen LogP) is 4.40. The summed E-state index contributed by atoms with van der Waals surface area (Å²) in [6.45, 7) is 4.84. The summed E-state index contributed by atoms with van der Waals surface area (Å²) in [4.78, 5) is 8.48. The molecule has 21 heavy (non-hydrogen) atoms. The third kappa shape index (κ3) is 3.61. The molecule has 0 aliphatic carbocycles. The van der Waals surface area contributed by atoms with Gasteiger partial charge in [-0.25, -0.2) is 14.4 Å². The molecule has 0 spiro atoms. The number of rotatable bonds is 6. The Morgan fingerprint density at radius 1 is 1.19 bits per heavy atom. The molecule has 0 aliphatic rings. The average molecular weight is 309 g/mol. The molecule has 0 atom stereocenters. The summed E-state index contributed by atoms with van der Waals surface area (Å²) in [7, 11) is 0. The van der Waals surface area contributed by atoms with E-state index in [0.717, 1.165) is 30.8 Å². The first-order valence-corrected chi connectivity index (χ1v) is 7.33. The zero-order valence-corrected chi connectivity index (χ0v) is 12.8. The first-order valence-electron chi connectivity index (χ1n) is 6.96. The van der Waals surface area contributed by atoms with E-state index < -0.39 is 5.82 Å². The van der Waals surface area contributed by atoms with E-state index in [2.05, 4.69) is 27.5 Å². The molecule has 0 radical (unpaired) electrons. The van der Waals surface area contributed by atoms with Gasteiger partial charge in [0, 0.05) is 12.1 Å². The minimum absolute atomic E-state index is 0.0815. The van der Waals surface area contributed by atoms with Crippen molar-refractivity contribution >= 4 is 28.9 Å². The van der Waals surface area contributed by atoms with E-state index in [0.29, 0.717) is 11.5 Å². The number of nitrogens with zero attached hydrogens (tertiary/aromatic N) is 2. The fraction of sp³-hybridized carbons (Fsp3) is 0.333. The second kappa shape index (κ2) is 7.22. The standard InChI is InChI=1S/C15H18ClFN4/c1-3-6-10-14(18-4-2)19-9-20-15(10)21-12-8-5-7-11(16)13(12)17/h5,7-9H,3-4,6H2,1-2H3,(H2,18,19,20,21). The summed E-state index contributed by atoms with van der Waals surface area (Å²) < 4.78 is 14.0. The van der Waals surface area contributed by atoms with Gasteiger partial charge in [0.15, 0.2) is 5.82 Å². The topological polar surface area (TPSA) is 49.8 Å². The van der Waals surface area contributed by atoms with Gasteiger partial charge in [0.05, 0.1) is 10.7 Å². The second-order valence-corrected chi connectivity index (χ2v) is 4.96. The predicted molar refractivity (Wildman–Crippen MR) is 84.9 cm³/mol. The molecule has 1 heterocycles. The van der Waals surface area contributed by atoms with E-state index in [-0.39, 0.29) is 5.02 Å². The highest BCUT2D eigenvalue weighted by Gasteiger charge is 2.13. The summed E-state index contributed by atoms with van der Waals surface area (Å²) in [5, 5.41) is 6.30. The fourth-order valence-corrected chi connectivity index (χ4v) is 2.23. The van der Waals surface area contributed by atoms with Crippen LogP contribution in [0.5, 0.6) is 0 Å². The minimum Gasteiger partial charge on any atom is -0.370 e. The molecule has 0 unspecified atom stereocenters. The Morgan fingerprint density at radius 2 is 1.95 bits per heavy atom. The van der Waals surface area contributed by atoms with Crippen molar-refractivity contribution in [3.05, 3.63) is 40.9 Å². The molecular weight excluding hydrogens is 291 g/mol. The molecule has 6 heteroatoms. The molecule has 2 rings (SSSR count). The lowest BCUT2D eigenvalue weighted by molar-refractivity contribution is 0.632. The fourth-order valence-electron chi connectivity index (χ4n) is 2.05. The monoisotopic (exact) mass is 308 g/mol. The summed E-state index contributed by atoms with van der Waals surface area (Å²) >= 11 is 5.80. The van der Waals surface area contributed by atoms with Crippen molar-refractivity contribution in [1.82, 2.24) is 9.97 Å². The number of hydrogen-bond donors (Lipinski definition) is 2. The summed E-state index contributed by atoms with van der Waals surface area (Å²) in [5.74, 6) is 0.897. The van der Waals surface area contributed by atoms with Crippen LogP contribution in [0.1, 0.15) is 25.8 Å². The van der Waals surface area contributed by atoms with Crippen LogP contribution >= 0.6 is 11.6 Å². The van der Waals surface area contributed by atoms with E-state index in [1.807, 2.05) is 6.92 Å². The highest BCUT2D eigenvalue weighted by molar-refractivity contribution is 6.31. The first kappa shape index (κ1) is 15.5. The van der Waals surface area contributed by atoms with E-state index >= 15 is 0 Å². The SMILES string of the molecule is CCCc1c(NCC)ncnc1Nc1cccc(Cl)c1F. The molecule has 2 aromatic rings. The van der Waals surface area contributed by atoms with Gasteiger partial charge in [-0.2, -0.15) is 0 Å². The van der Waals surface area contributed by atoms with Crippen molar-refractivity contribution in [3.8, 4) is 0 Å². The largest absolute Gasteiger partial charge is 0.370 e.